The maximum atomic E-state index is 11.3. The molecule has 2 nitrogen and oxygen atoms in total. The quantitative estimate of drug-likeness (QED) is 0.162. The summed E-state index contributed by atoms with van der Waals surface area (Å²) in [4.78, 5) is 0. The zero-order chi connectivity index (χ0) is 44.0. The third kappa shape index (κ3) is 4.57. The summed E-state index contributed by atoms with van der Waals surface area (Å²) in [6.07, 6.45) is 6.72. The van der Waals surface area contributed by atoms with Gasteiger partial charge in [-0.05, 0) is 169 Å². The van der Waals surface area contributed by atoms with Crippen LogP contribution in [-0.4, -0.2) is 4.40 Å². The monoisotopic (exact) mass is 846 g/mol. The Morgan fingerprint density at radius 2 is 1.00 bits per heavy atom. The number of nitrogens with zero attached hydrogens (tertiary/aromatic N) is 2. The van der Waals surface area contributed by atoms with E-state index in [9.17, 15) is 5.26 Å². The number of hydrogen-bond donors (Lipinski definition) is 0. The minimum atomic E-state index is -0.365. The van der Waals surface area contributed by atoms with Crippen molar-refractivity contribution in [3.05, 3.63) is 185 Å². The van der Waals surface area contributed by atoms with Crippen LogP contribution >= 0.6 is 0 Å². The van der Waals surface area contributed by atoms with Gasteiger partial charge in [0.1, 0.15) is 0 Å². The first-order chi connectivity index (χ1) is 32.2. The molecule has 0 amide bonds. The predicted molar refractivity (Wildman–Crippen MR) is 273 cm³/mol. The summed E-state index contributed by atoms with van der Waals surface area (Å²) >= 11 is 0. The molecular weight excluding hydrogens is 797 g/mol. The number of benzene rings is 8. The number of nitriles is 1. The topological polar surface area (TPSA) is 28.2 Å². The fraction of sp³-hybridized carbons (Fsp3) is 0.234. The summed E-state index contributed by atoms with van der Waals surface area (Å²) in [6, 6.07) is 58.4. The Balaban J connectivity index is 1.13. The highest BCUT2D eigenvalue weighted by atomic mass is 14.9. The van der Waals surface area contributed by atoms with Gasteiger partial charge in [-0.3, -0.25) is 0 Å². The second-order valence-electron chi connectivity index (χ2n) is 21.9. The van der Waals surface area contributed by atoms with Gasteiger partial charge >= 0.3 is 0 Å². The summed E-state index contributed by atoms with van der Waals surface area (Å²) in [5, 5.41) is 16.7. The Bertz CT molecular complexity index is 3830. The second kappa shape index (κ2) is 12.7. The van der Waals surface area contributed by atoms with Crippen molar-refractivity contribution in [3.63, 3.8) is 0 Å². The van der Waals surface area contributed by atoms with Gasteiger partial charge in [0, 0.05) is 32.4 Å². The predicted octanol–water partition coefficient (Wildman–Crippen LogP) is 16.7. The molecule has 0 N–H and O–H groups in total. The minimum absolute atomic E-state index is 0.353. The Hall–Kier alpha value is -6.95. The van der Waals surface area contributed by atoms with Crippen LogP contribution in [0, 0.1) is 23.2 Å². The van der Waals surface area contributed by atoms with Crippen molar-refractivity contribution < 1.29 is 0 Å². The van der Waals surface area contributed by atoms with E-state index in [0.717, 1.165) is 17.4 Å². The largest absolute Gasteiger partial charge is 0.308 e. The number of aromatic nitrogens is 1. The summed E-state index contributed by atoms with van der Waals surface area (Å²) in [7, 11) is 0. The van der Waals surface area contributed by atoms with Crippen molar-refractivity contribution in [1.29, 1.82) is 5.26 Å². The van der Waals surface area contributed by atoms with Crippen molar-refractivity contribution in [2.45, 2.75) is 82.5 Å². The summed E-state index contributed by atoms with van der Waals surface area (Å²) in [5.41, 5.74) is 24.9. The van der Waals surface area contributed by atoms with Crippen LogP contribution < -0.4 is 0 Å². The van der Waals surface area contributed by atoms with E-state index in [0.29, 0.717) is 11.8 Å². The summed E-state index contributed by atoms with van der Waals surface area (Å²) < 4.78 is 2.61. The minimum Gasteiger partial charge on any atom is -0.308 e. The molecule has 316 valence electrons. The van der Waals surface area contributed by atoms with Crippen LogP contribution in [0.25, 0.3) is 93.7 Å². The molecule has 6 aliphatic rings. The average molecular weight is 847 g/mol. The standard InChI is InChI=1S/C64H50N2/c1-63(2)52-22-11-12-23-53(52)64(3,4)61-59-51-32-38(41-20-13-21-49-47-17-8-7-16-45(47)43-14-5-6-15-44(43)46-18-9-10-19-48(46)57(41)49)31-50-58-54(66(62(50)51)55(59)33-40(34-65)60(61)63)25-24-42-37-27-35-26-36(28-37)30-39(29-35)56(42)58/h5-25,31-33,35-37,39H,26-30H2,1-4H3. The number of hydrogen-bond acceptors (Lipinski definition) is 1. The van der Waals surface area contributed by atoms with Gasteiger partial charge in [0.05, 0.1) is 28.2 Å². The summed E-state index contributed by atoms with van der Waals surface area (Å²) in [6.45, 7) is 9.51. The van der Waals surface area contributed by atoms with Gasteiger partial charge in [-0.25, -0.2) is 0 Å². The number of rotatable bonds is 1. The second-order valence-corrected chi connectivity index (χ2v) is 21.9. The molecule has 0 aliphatic heterocycles. The molecule has 4 bridgehead atoms. The van der Waals surface area contributed by atoms with Crippen LogP contribution in [0.5, 0.6) is 0 Å². The Labute approximate surface area is 386 Å². The molecule has 2 saturated carbocycles. The van der Waals surface area contributed by atoms with Crippen molar-refractivity contribution in [2.75, 3.05) is 0 Å². The highest BCUT2D eigenvalue weighted by Crippen LogP contribution is 2.61. The third-order valence-corrected chi connectivity index (χ3v) is 17.8. The lowest BCUT2D eigenvalue weighted by Gasteiger charge is -2.44. The fourth-order valence-electron chi connectivity index (χ4n) is 15.5. The van der Waals surface area contributed by atoms with E-state index in [1.54, 1.807) is 11.1 Å². The molecule has 0 spiro atoms. The first kappa shape index (κ1) is 37.3. The molecule has 16 rings (SSSR count). The van der Waals surface area contributed by atoms with E-state index in [2.05, 4.69) is 184 Å². The van der Waals surface area contributed by atoms with Crippen LogP contribution in [0.3, 0.4) is 0 Å². The van der Waals surface area contributed by atoms with Gasteiger partial charge in [0.2, 0.25) is 0 Å². The molecule has 6 aliphatic carbocycles. The SMILES string of the molecule is CC1(C)c2ccccc2C(C)(C)c2c1c(C#N)cc1c2c2cc(-c3cccc4c3-c3ccccc3-c3ccccc3-c3ccccc3-4)cc3c4c5c(ccc4n1c32)C1CC2CC(C1)CC5C2. The normalized spacial score (nSPS) is 21.3. The molecule has 66 heavy (non-hydrogen) atoms. The average Bonchev–Trinajstić information content (AvgIpc) is 3.79. The highest BCUT2D eigenvalue weighted by Gasteiger charge is 2.47. The van der Waals surface area contributed by atoms with E-state index in [4.69, 9.17) is 0 Å². The van der Waals surface area contributed by atoms with E-state index < -0.39 is 0 Å². The van der Waals surface area contributed by atoms with E-state index in [1.807, 2.05) is 0 Å². The van der Waals surface area contributed by atoms with Gasteiger partial charge in [0.15, 0.2) is 0 Å². The molecule has 0 radical (unpaired) electrons. The first-order valence-electron chi connectivity index (χ1n) is 24.5. The van der Waals surface area contributed by atoms with Gasteiger partial charge in [-0.1, -0.05) is 149 Å². The van der Waals surface area contributed by atoms with Crippen LogP contribution in [0.2, 0.25) is 0 Å². The van der Waals surface area contributed by atoms with Gasteiger partial charge < -0.3 is 4.40 Å². The van der Waals surface area contributed by atoms with Crippen LogP contribution in [-0.2, 0) is 10.8 Å². The molecule has 2 heteroatoms. The third-order valence-electron chi connectivity index (χ3n) is 17.8. The van der Waals surface area contributed by atoms with E-state index in [-0.39, 0.29) is 10.8 Å². The van der Waals surface area contributed by atoms with Crippen LogP contribution in [0.1, 0.15) is 111 Å². The number of fused-ring (bicyclic) bond motifs is 17. The van der Waals surface area contributed by atoms with Crippen molar-refractivity contribution in [3.8, 4) is 61.7 Å². The Morgan fingerprint density at radius 3 is 1.64 bits per heavy atom. The molecule has 10 aromatic rings. The highest BCUT2D eigenvalue weighted by molar-refractivity contribution is 6.27. The van der Waals surface area contributed by atoms with Gasteiger partial charge in [0.25, 0.3) is 0 Å². The van der Waals surface area contributed by atoms with Crippen LogP contribution in [0.4, 0.5) is 0 Å². The molecule has 2 heterocycles. The molecular formula is C64H50N2. The lowest BCUT2D eigenvalue weighted by Crippen LogP contribution is -2.37. The smallest absolute Gasteiger partial charge is 0.0995 e. The van der Waals surface area contributed by atoms with E-state index in [1.165, 1.54) is 148 Å². The Kier molecular flexibility index (Phi) is 7.17. The fourth-order valence-corrected chi connectivity index (χ4v) is 15.5. The lowest BCUT2D eigenvalue weighted by atomic mass is 9.58. The molecule has 2 aromatic heterocycles. The first-order valence-corrected chi connectivity index (χ1v) is 24.5. The van der Waals surface area contributed by atoms with Gasteiger partial charge in [-0.15, -0.1) is 0 Å². The summed E-state index contributed by atoms with van der Waals surface area (Å²) in [5.74, 6) is 2.89. The maximum absolute atomic E-state index is 11.3. The zero-order valence-corrected chi connectivity index (χ0v) is 38.1. The Morgan fingerprint density at radius 1 is 0.485 bits per heavy atom. The molecule has 0 saturated heterocycles. The molecule has 2 atom stereocenters. The molecule has 8 aromatic carbocycles. The van der Waals surface area contributed by atoms with E-state index >= 15 is 0 Å². The molecule has 2 fully saturated rings. The van der Waals surface area contributed by atoms with Crippen LogP contribution in [0.15, 0.2) is 146 Å². The van der Waals surface area contributed by atoms with Crippen molar-refractivity contribution in [2.24, 2.45) is 11.8 Å². The van der Waals surface area contributed by atoms with Gasteiger partial charge in [-0.2, -0.15) is 5.26 Å². The zero-order valence-electron chi connectivity index (χ0n) is 38.1. The lowest BCUT2D eigenvalue weighted by molar-refractivity contribution is 0.166. The van der Waals surface area contributed by atoms with Crippen molar-refractivity contribution in [1.82, 2.24) is 4.40 Å². The molecule has 2 unspecified atom stereocenters. The maximum Gasteiger partial charge on any atom is 0.0995 e. The van der Waals surface area contributed by atoms with Crippen molar-refractivity contribution >= 4 is 38.1 Å².